The predicted octanol–water partition coefficient (Wildman–Crippen LogP) is 1.31. The molecule has 182 valence electrons. The second-order valence-electron chi connectivity index (χ2n) is 9.96. The zero-order chi connectivity index (χ0) is 24.6. The number of benzene rings is 1. The zero-order valence-electron chi connectivity index (χ0n) is 19.7. The smallest absolute Gasteiger partial charge is 0.320 e. The van der Waals surface area contributed by atoms with Crippen molar-refractivity contribution in [2.45, 2.75) is 64.1 Å². The van der Waals surface area contributed by atoms with E-state index in [-0.39, 0.29) is 42.5 Å². The number of rotatable bonds is 5. The molecule has 1 atom stereocenters. The minimum absolute atomic E-state index is 0.0638. The molecule has 0 radical (unpaired) electrons. The molecule has 1 aromatic carbocycles. The van der Waals surface area contributed by atoms with E-state index >= 15 is 0 Å². The van der Waals surface area contributed by atoms with Crippen molar-refractivity contribution >= 4 is 35.3 Å². The van der Waals surface area contributed by atoms with E-state index in [1.165, 1.54) is 0 Å². The number of imide groups is 2. The number of fused-ring (bicyclic) bond motifs is 1. The van der Waals surface area contributed by atoms with E-state index in [0.29, 0.717) is 18.8 Å². The van der Waals surface area contributed by atoms with Crippen molar-refractivity contribution in [1.82, 2.24) is 15.1 Å². The fraction of sp³-hybridized carbons (Fsp3) is 0.542. The van der Waals surface area contributed by atoms with Crippen LogP contribution >= 0.6 is 0 Å². The van der Waals surface area contributed by atoms with Crippen LogP contribution < -0.4 is 10.6 Å². The Morgan fingerprint density at radius 1 is 1.09 bits per heavy atom. The molecule has 1 unspecified atom stereocenters. The lowest BCUT2D eigenvalue weighted by Crippen LogP contribution is -2.54. The highest BCUT2D eigenvalue weighted by molar-refractivity contribution is 6.25. The number of carbonyl (C=O) groups is 5. The lowest BCUT2D eigenvalue weighted by molar-refractivity contribution is -0.156. The van der Waals surface area contributed by atoms with Gasteiger partial charge in [-0.1, -0.05) is 6.07 Å². The monoisotopic (exact) mass is 470 g/mol. The van der Waals surface area contributed by atoms with Crippen LogP contribution in [0.1, 0.15) is 67.2 Å². The number of hydrogen-bond donors (Lipinski definition) is 2. The molecule has 0 spiro atoms. The highest BCUT2D eigenvalue weighted by Crippen LogP contribution is 2.33. The van der Waals surface area contributed by atoms with Crippen molar-refractivity contribution in [2.24, 2.45) is 0 Å². The minimum Gasteiger partial charge on any atom is -0.459 e. The zero-order valence-corrected chi connectivity index (χ0v) is 19.7. The van der Waals surface area contributed by atoms with Crippen molar-refractivity contribution in [2.75, 3.05) is 25.0 Å². The van der Waals surface area contributed by atoms with Gasteiger partial charge in [0.1, 0.15) is 11.6 Å². The normalized spacial score (nSPS) is 22.0. The molecule has 3 heterocycles. The molecule has 2 fully saturated rings. The quantitative estimate of drug-likeness (QED) is 0.487. The summed E-state index contributed by atoms with van der Waals surface area (Å²) in [6.07, 6.45) is 1.71. The van der Waals surface area contributed by atoms with Crippen LogP contribution in [0.4, 0.5) is 5.69 Å². The third kappa shape index (κ3) is 4.96. The SMILES string of the molecule is CC(C)(C)OC(=O)CN1CCC(Nc2cccc3c2C(=O)N(C2CCC(=O)NC2=O)C3=O)CC1. The molecule has 10 heteroatoms. The largest absolute Gasteiger partial charge is 0.459 e. The molecule has 10 nitrogen and oxygen atoms in total. The molecular weight excluding hydrogens is 440 g/mol. The maximum atomic E-state index is 13.2. The molecule has 4 amide bonds. The number of piperidine rings is 2. The first-order valence-electron chi connectivity index (χ1n) is 11.6. The molecule has 34 heavy (non-hydrogen) atoms. The molecular formula is C24H30N4O6. The first-order valence-corrected chi connectivity index (χ1v) is 11.6. The van der Waals surface area contributed by atoms with E-state index in [1.807, 2.05) is 25.7 Å². The topological polar surface area (TPSA) is 125 Å². The second-order valence-corrected chi connectivity index (χ2v) is 9.96. The Kier molecular flexibility index (Phi) is 6.44. The fourth-order valence-corrected chi connectivity index (χ4v) is 4.65. The van der Waals surface area contributed by atoms with E-state index in [1.54, 1.807) is 18.2 Å². The van der Waals surface area contributed by atoms with Gasteiger partial charge in [0, 0.05) is 31.2 Å². The van der Waals surface area contributed by atoms with Crippen molar-refractivity contribution < 1.29 is 28.7 Å². The Hall–Kier alpha value is -3.27. The lowest BCUT2D eigenvalue weighted by atomic mass is 10.0. The maximum absolute atomic E-state index is 13.2. The predicted molar refractivity (Wildman–Crippen MR) is 122 cm³/mol. The minimum atomic E-state index is -0.992. The Morgan fingerprint density at radius 3 is 2.44 bits per heavy atom. The van der Waals surface area contributed by atoms with Crippen molar-refractivity contribution in [3.63, 3.8) is 0 Å². The van der Waals surface area contributed by atoms with E-state index in [9.17, 15) is 24.0 Å². The van der Waals surface area contributed by atoms with Crippen LogP contribution in [0.15, 0.2) is 18.2 Å². The van der Waals surface area contributed by atoms with Crippen LogP contribution in [0.3, 0.4) is 0 Å². The van der Waals surface area contributed by atoms with Crippen molar-refractivity contribution in [1.29, 1.82) is 0 Å². The molecule has 0 bridgehead atoms. The number of carbonyl (C=O) groups excluding carboxylic acids is 5. The van der Waals surface area contributed by atoms with Crippen LogP contribution in [0, 0.1) is 0 Å². The average Bonchev–Trinajstić information content (AvgIpc) is 2.99. The van der Waals surface area contributed by atoms with Gasteiger partial charge in [0.2, 0.25) is 11.8 Å². The van der Waals surface area contributed by atoms with Gasteiger partial charge >= 0.3 is 5.97 Å². The molecule has 3 aliphatic heterocycles. The van der Waals surface area contributed by atoms with Crippen LogP contribution in [0.5, 0.6) is 0 Å². The number of ether oxygens (including phenoxy) is 1. The van der Waals surface area contributed by atoms with Crippen molar-refractivity contribution in [3.8, 4) is 0 Å². The standard InChI is InChI=1S/C24H30N4O6/c1-24(2,3)34-19(30)13-27-11-9-14(10-12-27)25-16-6-4-5-15-20(16)23(33)28(22(15)32)17-7-8-18(29)26-21(17)31/h4-6,14,17,25H,7-13H2,1-3H3,(H,26,29,31). The van der Waals surface area contributed by atoms with Crippen LogP contribution in [0.2, 0.25) is 0 Å². The Labute approximate surface area is 198 Å². The number of hydrogen-bond acceptors (Lipinski definition) is 8. The summed E-state index contributed by atoms with van der Waals surface area (Å²) in [5, 5.41) is 5.60. The molecule has 1 aromatic rings. The molecule has 0 saturated carbocycles. The molecule has 3 aliphatic rings. The maximum Gasteiger partial charge on any atom is 0.320 e. The molecule has 2 N–H and O–H groups in total. The molecule has 0 aliphatic carbocycles. The third-order valence-electron chi connectivity index (χ3n) is 6.19. The first kappa shape index (κ1) is 23.9. The average molecular weight is 471 g/mol. The highest BCUT2D eigenvalue weighted by Gasteiger charge is 2.45. The summed E-state index contributed by atoms with van der Waals surface area (Å²) >= 11 is 0. The summed E-state index contributed by atoms with van der Waals surface area (Å²) in [4.78, 5) is 65.1. The number of nitrogens with zero attached hydrogens (tertiary/aromatic N) is 2. The van der Waals surface area contributed by atoms with Gasteiger partial charge in [0.15, 0.2) is 0 Å². The van der Waals surface area contributed by atoms with E-state index in [0.717, 1.165) is 17.7 Å². The summed E-state index contributed by atoms with van der Waals surface area (Å²) in [5.74, 6) is -2.33. The number of likely N-dealkylation sites (tertiary alicyclic amines) is 1. The van der Waals surface area contributed by atoms with Gasteiger partial charge in [0.25, 0.3) is 11.8 Å². The summed E-state index contributed by atoms with van der Waals surface area (Å²) in [7, 11) is 0. The van der Waals surface area contributed by atoms with Gasteiger partial charge in [-0.05, 0) is 52.2 Å². The number of esters is 1. The van der Waals surface area contributed by atoms with E-state index in [2.05, 4.69) is 10.6 Å². The summed E-state index contributed by atoms with van der Waals surface area (Å²) < 4.78 is 5.39. The lowest BCUT2D eigenvalue weighted by Gasteiger charge is -2.33. The Bertz CT molecular complexity index is 1040. The van der Waals surface area contributed by atoms with Gasteiger partial charge in [-0.2, -0.15) is 0 Å². The second kappa shape index (κ2) is 9.17. The van der Waals surface area contributed by atoms with Crippen molar-refractivity contribution in [3.05, 3.63) is 29.3 Å². The molecule has 2 saturated heterocycles. The van der Waals surface area contributed by atoms with Gasteiger partial charge in [-0.15, -0.1) is 0 Å². The fourth-order valence-electron chi connectivity index (χ4n) is 4.65. The molecule has 4 rings (SSSR count). The summed E-state index contributed by atoms with van der Waals surface area (Å²) in [5.41, 5.74) is 0.544. The number of amides is 4. The van der Waals surface area contributed by atoms with E-state index < -0.39 is 35.3 Å². The van der Waals surface area contributed by atoms with Crippen LogP contribution in [-0.2, 0) is 19.1 Å². The van der Waals surface area contributed by atoms with Gasteiger partial charge in [-0.3, -0.25) is 39.1 Å². The van der Waals surface area contributed by atoms with Crippen LogP contribution in [-0.4, -0.2) is 76.7 Å². The number of anilines is 1. The summed E-state index contributed by atoms with van der Waals surface area (Å²) in [6, 6.07) is 4.11. The Morgan fingerprint density at radius 2 is 1.79 bits per heavy atom. The summed E-state index contributed by atoms with van der Waals surface area (Å²) in [6.45, 7) is 7.15. The third-order valence-corrected chi connectivity index (χ3v) is 6.19. The van der Waals surface area contributed by atoms with Gasteiger partial charge in [-0.25, -0.2) is 0 Å². The van der Waals surface area contributed by atoms with Gasteiger partial charge in [0.05, 0.1) is 17.7 Å². The van der Waals surface area contributed by atoms with E-state index in [4.69, 9.17) is 4.74 Å². The Balaban J connectivity index is 1.41. The first-order chi connectivity index (χ1) is 16.0. The van der Waals surface area contributed by atoms with Crippen LogP contribution in [0.25, 0.3) is 0 Å². The molecule has 0 aromatic heterocycles. The van der Waals surface area contributed by atoms with Gasteiger partial charge < -0.3 is 10.1 Å². The highest BCUT2D eigenvalue weighted by atomic mass is 16.6. The number of nitrogens with one attached hydrogen (secondary N) is 2.